The fraction of sp³-hybridized carbons (Fsp3) is 0.600. The van der Waals surface area contributed by atoms with Gasteiger partial charge in [0.1, 0.15) is 0 Å². The molecule has 0 spiro atoms. The second kappa shape index (κ2) is 3.78. The summed E-state index contributed by atoms with van der Waals surface area (Å²) in [4.78, 5) is 4.07. The molecule has 1 rings (SSSR count). The SMILES string of the molecule is CCSc1nc(OC)ns1. The molecule has 0 aliphatic rings. The van der Waals surface area contributed by atoms with E-state index in [9.17, 15) is 0 Å². The summed E-state index contributed by atoms with van der Waals surface area (Å²) in [5, 5.41) is 0. The van der Waals surface area contributed by atoms with E-state index in [4.69, 9.17) is 4.74 Å². The molecule has 56 valence electrons. The molecule has 1 aromatic heterocycles. The highest BCUT2D eigenvalue weighted by Crippen LogP contribution is 2.21. The maximum Gasteiger partial charge on any atom is 0.329 e. The smallest absolute Gasteiger partial charge is 0.329 e. The number of hydrogen-bond acceptors (Lipinski definition) is 5. The number of aromatic nitrogens is 2. The van der Waals surface area contributed by atoms with E-state index in [1.807, 2.05) is 0 Å². The van der Waals surface area contributed by atoms with E-state index in [2.05, 4.69) is 16.3 Å². The van der Waals surface area contributed by atoms with E-state index in [-0.39, 0.29) is 0 Å². The lowest BCUT2D eigenvalue weighted by Gasteiger charge is -1.86. The zero-order chi connectivity index (χ0) is 7.40. The van der Waals surface area contributed by atoms with Crippen molar-refractivity contribution < 1.29 is 4.74 Å². The van der Waals surface area contributed by atoms with Crippen molar-refractivity contribution in [1.82, 2.24) is 9.36 Å². The largest absolute Gasteiger partial charge is 0.466 e. The lowest BCUT2D eigenvalue weighted by atomic mass is 11.0. The van der Waals surface area contributed by atoms with Crippen LogP contribution in [0, 0.1) is 0 Å². The standard InChI is InChI=1S/C5H8N2OS2/c1-3-9-5-6-4(8-2)7-10-5/h3H2,1-2H3. The maximum atomic E-state index is 4.82. The monoisotopic (exact) mass is 176 g/mol. The predicted molar refractivity (Wildman–Crippen MR) is 42.9 cm³/mol. The van der Waals surface area contributed by atoms with Crippen LogP contribution in [-0.4, -0.2) is 22.2 Å². The zero-order valence-electron chi connectivity index (χ0n) is 5.83. The molecule has 5 heteroatoms. The van der Waals surface area contributed by atoms with Crippen LogP contribution in [0.5, 0.6) is 6.01 Å². The van der Waals surface area contributed by atoms with Crippen LogP contribution < -0.4 is 4.74 Å². The van der Waals surface area contributed by atoms with Gasteiger partial charge in [-0.3, -0.25) is 0 Å². The Labute approximate surface area is 68.0 Å². The molecular formula is C5H8N2OS2. The summed E-state index contributed by atoms with van der Waals surface area (Å²) >= 11 is 3.05. The number of methoxy groups -OCH3 is 1. The lowest BCUT2D eigenvalue weighted by molar-refractivity contribution is 0.384. The van der Waals surface area contributed by atoms with Gasteiger partial charge >= 0.3 is 6.01 Å². The van der Waals surface area contributed by atoms with Crippen LogP contribution >= 0.6 is 23.3 Å². The molecule has 0 aromatic carbocycles. The second-order valence-corrected chi connectivity index (χ2v) is 3.74. The van der Waals surface area contributed by atoms with Crippen molar-refractivity contribution in [2.24, 2.45) is 0 Å². The Morgan fingerprint density at radius 3 is 3.00 bits per heavy atom. The van der Waals surface area contributed by atoms with E-state index in [1.54, 1.807) is 18.9 Å². The quantitative estimate of drug-likeness (QED) is 0.656. The fourth-order valence-corrected chi connectivity index (χ4v) is 1.92. The maximum absolute atomic E-state index is 4.82. The van der Waals surface area contributed by atoms with E-state index < -0.39 is 0 Å². The molecule has 0 bridgehead atoms. The number of thioether (sulfide) groups is 1. The summed E-state index contributed by atoms with van der Waals surface area (Å²) in [6, 6.07) is 0.473. The van der Waals surface area contributed by atoms with Crippen molar-refractivity contribution in [1.29, 1.82) is 0 Å². The summed E-state index contributed by atoms with van der Waals surface area (Å²) in [5.41, 5.74) is 0. The van der Waals surface area contributed by atoms with Crippen LogP contribution in [-0.2, 0) is 0 Å². The van der Waals surface area contributed by atoms with E-state index in [0.717, 1.165) is 10.1 Å². The van der Waals surface area contributed by atoms with Crippen LogP contribution in [0.1, 0.15) is 6.92 Å². The van der Waals surface area contributed by atoms with Gasteiger partial charge in [0, 0.05) is 0 Å². The van der Waals surface area contributed by atoms with Crippen LogP contribution in [0.25, 0.3) is 0 Å². The molecule has 0 unspecified atom stereocenters. The molecule has 1 heterocycles. The van der Waals surface area contributed by atoms with Gasteiger partial charge in [-0.15, -0.1) is 4.37 Å². The van der Waals surface area contributed by atoms with Gasteiger partial charge < -0.3 is 4.74 Å². The Hall–Kier alpha value is -0.290. The Balaban J connectivity index is 2.59. The van der Waals surface area contributed by atoms with Crippen LogP contribution in [0.2, 0.25) is 0 Å². The molecule has 0 fully saturated rings. The third kappa shape index (κ3) is 1.85. The molecule has 0 atom stereocenters. The number of hydrogen-bond donors (Lipinski definition) is 0. The summed E-state index contributed by atoms with van der Waals surface area (Å²) in [5.74, 6) is 1.03. The first kappa shape index (κ1) is 7.81. The summed E-state index contributed by atoms with van der Waals surface area (Å²) in [7, 11) is 1.57. The van der Waals surface area contributed by atoms with Gasteiger partial charge in [0.05, 0.1) is 7.11 Å². The number of ether oxygens (including phenoxy) is 1. The first-order valence-electron chi connectivity index (χ1n) is 2.87. The van der Waals surface area contributed by atoms with Crippen molar-refractivity contribution in [3.05, 3.63) is 0 Å². The van der Waals surface area contributed by atoms with Crippen LogP contribution in [0.4, 0.5) is 0 Å². The highest BCUT2D eigenvalue weighted by atomic mass is 32.2. The number of nitrogens with zero attached hydrogens (tertiary/aromatic N) is 2. The van der Waals surface area contributed by atoms with Gasteiger partial charge in [-0.1, -0.05) is 18.7 Å². The Kier molecular flexibility index (Phi) is 2.95. The normalized spacial score (nSPS) is 9.80. The van der Waals surface area contributed by atoms with Crippen molar-refractivity contribution in [3.8, 4) is 6.01 Å². The third-order valence-corrected chi connectivity index (χ3v) is 2.54. The fourth-order valence-electron chi connectivity index (χ4n) is 0.462. The molecule has 0 saturated carbocycles. The highest BCUT2D eigenvalue weighted by molar-refractivity contribution is 8.00. The third-order valence-electron chi connectivity index (χ3n) is 0.839. The molecule has 1 aromatic rings. The Bertz CT molecular complexity index is 201. The Morgan fingerprint density at radius 1 is 1.70 bits per heavy atom. The van der Waals surface area contributed by atoms with Crippen LogP contribution in [0.15, 0.2) is 4.34 Å². The van der Waals surface area contributed by atoms with E-state index in [1.165, 1.54) is 11.5 Å². The molecule has 0 saturated heterocycles. The summed E-state index contributed by atoms with van der Waals surface area (Å²) in [6.45, 7) is 2.08. The average Bonchev–Trinajstić information content (AvgIpc) is 2.37. The van der Waals surface area contributed by atoms with Crippen molar-refractivity contribution in [2.45, 2.75) is 11.3 Å². The molecule has 0 N–H and O–H groups in total. The predicted octanol–water partition coefficient (Wildman–Crippen LogP) is 1.66. The summed E-state index contributed by atoms with van der Waals surface area (Å²) < 4.78 is 9.73. The van der Waals surface area contributed by atoms with Gasteiger partial charge in [-0.25, -0.2) is 0 Å². The van der Waals surface area contributed by atoms with Gasteiger partial charge in [0.2, 0.25) is 0 Å². The first-order valence-corrected chi connectivity index (χ1v) is 4.63. The minimum absolute atomic E-state index is 0.473. The van der Waals surface area contributed by atoms with Gasteiger partial charge in [-0.05, 0) is 17.3 Å². The topological polar surface area (TPSA) is 35.0 Å². The molecule has 0 aliphatic heterocycles. The van der Waals surface area contributed by atoms with Gasteiger partial charge in [0.25, 0.3) is 0 Å². The first-order chi connectivity index (χ1) is 4.86. The van der Waals surface area contributed by atoms with Crippen molar-refractivity contribution in [2.75, 3.05) is 12.9 Å². The van der Waals surface area contributed by atoms with E-state index in [0.29, 0.717) is 6.01 Å². The van der Waals surface area contributed by atoms with Gasteiger partial charge in [0.15, 0.2) is 4.34 Å². The van der Waals surface area contributed by atoms with E-state index >= 15 is 0 Å². The molecule has 0 aliphatic carbocycles. The van der Waals surface area contributed by atoms with Gasteiger partial charge in [-0.2, -0.15) is 4.98 Å². The molecule has 0 radical (unpaired) electrons. The molecule has 0 amide bonds. The highest BCUT2D eigenvalue weighted by Gasteiger charge is 2.01. The summed E-state index contributed by atoms with van der Waals surface area (Å²) in [6.07, 6.45) is 0. The number of rotatable bonds is 3. The minimum atomic E-state index is 0.473. The molecular weight excluding hydrogens is 168 g/mol. The average molecular weight is 176 g/mol. The zero-order valence-corrected chi connectivity index (χ0v) is 7.46. The Morgan fingerprint density at radius 2 is 2.50 bits per heavy atom. The van der Waals surface area contributed by atoms with Crippen LogP contribution in [0.3, 0.4) is 0 Å². The lowest BCUT2D eigenvalue weighted by Crippen LogP contribution is -1.82. The van der Waals surface area contributed by atoms with Crippen molar-refractivity contribution >= 4 is 23.3 Å². The minimum Gasteiger partial charge on any atom is -0.466 e. The molecule has 10 heavy (non-hydrogen) atoms. The van der Waals surface area contributed by atoms with Crippen molar-refractivity contribution in [3.63, 3.8) is 0 Å². The molecule has 3 nitrogen and oxygen atoms in total. The second-order valence-electron chi connectivity index (χ2n) is 1.48.